The highest BCUT2D eigenvalue weighted by molar-refractivity contribution is 5.95. The third-order valence-corrected chi connectivity index (χ3v) is 4.19. The number of amides is 2. The smallest absolute Gasteiger partial charge is 0.251 e. The van der Waals surface area contributed by atoms with E-state index < -0.39 is 0 Å². The lowest BCUT2D eigenvalue weighted by molar-refractivity contribution is -0.132. The molecule has 1 aliphatic rings. The van der Waals surface area contributed by atoms with Gasteiger partial charge in [-0.1, -0.05) is 12.1 Å². The van der Waals surface area contributed by atoms with Gasteiger partial charge in [0.05, 0.1) is 0 Å². The molecule has 1 aromatic heterocycles. The van der Waals surface area contributed by atoms with Gasteiger partial charge in [-0.05, 0) is 30.7 Å². The highest BCUT2D eigenvalue weighted by Crippen LogP contribution is 2.16. The van der Waals surface area contributed by atoms with Crippen molar-refractivity contribution in [2.45, 2.75) is 25.5 Å². The van der Waals surface area contributed by atoms with Crippen LogP contribution in [-0.4, -0.2) is 41.3 Å². The predicted molar refractivity (Wildman–Crippen MR) is 93.1 cm³/mol. The van der Waals surface area contributed by atoms with E-state index in [1.165, 1.54) is 0 Å². The minimum Gasteiger partial charge on any atom is -0.489 e. The number of rotatable bonds is 5. The number of benzene rings is 1. The third kappa shape index (κ3) is 4.56. The van der Waals surface area contributed by atoms with Gasteiger partial charge in [0.2, 0.25) is 5.91 Å². The molecule has 0 aliphatic carbocycles. The molecule has 25 heavy (non-hydrogen) atoms. The average molecular weight is 339 g/mol. The second kappa shape index (κ2) is 7.79. The number of hydrogen-bond acceptors (Lipinski definition) is 4. The summed E-state index contributed by atoms with van der Waals surface area (Å²) < 4.78 is 5.73. The number of likely N-dealkylation sites (tertiary alicyclic amines) is 1. The van der Waals surface area contributed by atoms with Crippen LogP contribution < -0.4 is 10.1 Å². The van der Waals surface area contributed by atoms with Gasteiger partial charge in [0.1, 0.15) is 12.4 Å². The number of likely N-dealkylation sites (N-methyl/N-ethyl adjacent to an activating group) is 1. The Kier molecular flexibility index (Phi) is 5.28. The zero-order valence-electron chi connectivity index (χ0n) is 14.1. The van der Waals surface area contributed by atoms with Crippen LogP contribution in [0.2, 0.25) is 0 Å². The van der Waals surface area contributed by atoms with Crippen molar-refractivity contribution >= 4 is 11.8 Å². The Morgan fingerprint density at radius 1 is 1.36 bits per heavy atom. The molecular formula is C19H21N3O3. The first kappa shape index (κ1) is 17.0. The molecule has 1 N–H and O–H groups in total. The van der Waals surface area contributed by atoms with Gasteiger partial charge in [-0.3, -0.25) is 14.6 Å². The summed E-state index contributed by atoms with van der Waals surface area (Å²) in [5.74, 6) is 0.600. The molecule has 6 nitrogen and oxygen atoms in total. The van der Waals surface area contributed by atoms with Crippen LogP contribution in [0.15, 0.2) is 48.8 Å². The van der Waals surface area contributed by atoms with Crippen LogP contribution in [0.3, 0.4) is 0 Å². The predicted octanol–water partition coefficient (Wildman–Crippen LogP) is 2.01. The SMILES string of the molecule is CN1CC(NC(=O)c2cccc(OCc3cccnc3)c2)CCC1=O. The Bertz CT molecular complexity index is 749. The second-order valence-corrected chi connectivity index (χ2v) is 6.16. The van der Waals surface area contributed by atoms with Crippen LogP contribution >= 0.6 is 0 Å². The van der Waals surface area contributed by atoms with E-state index in [2.05, 4.69) is 10.3 Å². The lowest BCUT2D eigenvalue weighted by atomic mass is 10.0. The van der Waals surface area contributed by atoms with Crippen LogP contribution in [0.1, 0.15) is 28.8 Å². The highest BCUT2D eigenvalue weighted by Gasteiger charge is 2.24. The molecular weight excluding hydrogens is 318 g/mol. The molecule has 3 rings (SSSR count). The normalized spacial score (nSPS) is 17.2. The van der Waals surface area contributed by atoms with Crippen LogP contribution in [0.4, 0.5) is 0 Å². The van der Waals surface area contributed by atoms with Crippen molar-refractivity contribution in [2.24, 2.45) is 0 Å². The maximum atomic E-state index is 12.4. The monoisotopic (exact) mass is 339 g/mol. The van der Waals surface area contributed by atoms with E-state index in [4.69, 9.17) is 4.74 Å². The summed E-state index contributed by atoms with van der Waals surface area (Å²) >= 11 is 0. The highest BCUT2D eigenvalue weighted by atomic mass is 16.5. The summed E-state index contributed by atoms with van der Waals surface area (Å²) in [7, 11) is 1.76. The number of pyridine rings is 1. The number of carbonyl (C=O) groups is 2. The van der Waals surface area contributed by atoms with E-state index in [0.717, 1.165) is 5.56 Å². The maximum absolute atomic E-state index is 12.4. The Morgan fingerprint density at radius 2 is 2.24 bits per heavy atom. The van der Waals surface area contributed by atoms with Crippen LogP contribution in [0.25, 0.3) is 0 Å². The molecule has 0 bridgehead atoms. The fourth-order valence-corrected chi connectivity index (χ4v) is 2.78. The first-order chi connectivity index (χ1) is 12.1. The van der Waals surface area contributed by atoms with Crippen molar-refractivity contribution in [1.29, 1.82) is 0 Å². The maximum Gasteiger partial charge on any atom is 0.251 e. The first-order valence-electron chi connectivity index (χ1n) is 8.28. The van der Waals surface area contributed by atoms with Crippen LogP contribution in [-0.2, 0) is 11.4 Å². The summed E-state index contributed by atoms with van der Waals surface area (Å²) in [5, 5.41) is 2.99. The van der Waals surface area contributed by atoms with Crippen molar-refractivity contribution in [3.8, 4) is 5.75 Å². The summed E-state index contributed by atoms with van der Waals surface area (Å²) in [6.07, 6.45) is 4.60. The molecule has 0 spiro atoms. The molecule has 1 fully saturated rings. The Labute approximate surface area is 146 Å². The number of piperidine rings is 1. The van der Waals surface area contributed by atoms with E-state index >= 15 is 0 Å². The van der Waals surface area contributed by atoms with Gasteiger partial charge in [-0.2, -0.15) is 0 Å². The van der Waals surface area contributed by atoms with E-state index in [9.17, 15) is 9.59 Å². The fourth-order valence-electron chi connectivity index (χ4n) is 2.78. The molecule has 2 heterocycles. The van der Waals surface area contributed by atoms with Gasteiger partial charge in [0.15, 0.2) is 0 Å². The van der Waals surface area contributed by atoms with Gasteiger partial charge in [0, 0.05) is 49.6 Å². The largest absolute Gasteiger partial charge is 0.489 e. The summed E-state index contributed by atoms with van der Waals surface area (Å²) in [6, 6.07) is 10.9. The molecule has 1 saturated heterocycles. The van der Waals surface area contributed by atoms with Crippen molar-refractivity contribution in [3.63, 3.8) is 0 Å². The zero-order valence-corrected chi connectivity index (χ0v) is 14.1. The van der Waals surface area contributed by atoms with Crippen molar-refractivity contribution in [2.75, 3.05) is 13.6 Å². The molecule has 1 aromatic carbocycles. The summed E-state index contributed by atoms with van der Waals surface area (Å²) in [4.78, 5) is 29.7. The standard InChI is InChI=1S/C19H21N3O3/c1-22-12-16(7-8-18(22)23)21-19(24)15-5-2-6-17(10-15)25-13-14-4-3-9-20-11-14/h2-6,9-11,16H,7-8,12-13H2,1H3,(H,21,24). The average Bonchev–Trinajstić information content (AvgIpc) is 2.64. The summed E-state index contributed by atoms with van der Waals surface area (Å²) in [5.41, 5.74) is 1.51. The minimum absolute atomic E-state index is 0.0184. The van der Waals surface area contributed by atoms with Gasteiger partial charge >= 0.3 is 0 Å². The van der Waals surface area contributed by atoms with E-state index in [1.54, 1.807) is 42.5 Å². The Morgan fingerprint density at radius 3 is 3.00 bits per heavy atom. The molecule has 2 amide bonds. The lowest BCUT2D eigenvalue weighted by Crippen LogP contribution is -2.48. The number of nitrogens with zero attached hydrogens (tertiary/aromatic N) is 2. The number of nitrogens with one attached hydrogen (secondary N) is 1. The van der Waals surface area contributed by atoms with E-state index in [1.807, 2.05) is 18.2 Å². The number of ether oxygens (including phenoxy) is 1. The van der Waals surface area contributed by atoms with Crippen molar-refractivity contribution in [3.05, 3.63) is 59.9 Å². The zero-order chi connectivity index (χ0) is 17.6. The number of hydrogen-bond donors (Lipinski definition) is 1. The molecule has 6 heteroatoms. The lowest BCUT2D eigenvalue weighted by Gasteiger charge is -2.30. The van der Waals surface area contributed by atoms with Crippen LogP contribution in [0, 0.1) is 0 Å². The molecule has 0 saturated carbocycles. The molecule has 1 unspecified atom stereocenters. The third-order valence-electron chi connectivity index (χ3n) is 4.19. The molecule has 1 atom stereocenters. The fraction of sp³-hybridized carbons (Fsp3) is 0.316. The number of aromatic nitrogens is 1. The Balaban J connectivity index is 1.58. The van der Waals surface area contributed by atoms with E-state index in [0.29, 0.717) is 37.3 Å². The molecule has 0 radical (unpaired) electrons. The van der Waals surface area contributed by atoms with Crippen LogP contribution in [0.5, 0.6) is 5.75 Å². The minimum atomic E-state index is -0.153. The van der Waals surface area contributed by atoms with Gasteiger partial charge in [-0.25, -0.2) is 0 Å². The quantitative estimate of drug-likeness (QED) is 0.904. The van der Waals surface area contributed by atoms with Crippen molar-refractivity contribution in [1.82, 2.24) is 15.2 Å². The van der Waals surface area contributed by atoms with Gasteiger partial charge < -0.3 is 15.0 Å². The topological polar surface area (TPSA) is 71.5 Å². The first-order valence-corrected chi connectivity index (χ1v) is 8.28. The number of carbonyl (C=O) groups excluding carboxylic acids is 2. The molecule has 2 aromatic rings. The summed E-state index contributed by atoms with van der Waals surface area (Å²) in [6.45, 7) is 0.941. The molecule has 1 aliphatic heterocycles. The molecule has 130 valence electrons. The second-order valence-electron chi connectivity index (χ2n) is 6.16. The van der Waals surface area contributed by atoms with Gasteiger partial charge in [0.25, 0.3) is 5.91 Å². The van der Waals surface area contributed by atoms with E-state index in [-0.39, 0.29) is 17.9 Å². The van der Waals surface area contributed by atoms with Gasteiger partial charge in [-0.15, -0.1) is 0 Å². The Hall–Kier alpha value is -2.89. The van der Waals surface area contributed by atoms with Crippen molar-refractivity contribution < 1.29 is 14.3 Å².